The third kappa shape index (κ3) is 4.75. The van der Waals surface area contributed by atoms with Crippen LogP contribution in [0.2, 0.25) is 0 Å². The number of aromatic nitrogens is 2. The first-order chi connectivity index (χ1) is 20.0. The van der Waals surface area contributed by atoms with Gasteiger partial charge in [0.1, 0.15) is 28.5 Å². The molecule has 3 aromatic carbocycles. The first kappa shape index (κ1) is 27.1. The Bertz CT molecular complexity index is 2090. The summed E-state index contributed by atoms with van der Waals surface area (Å²) in [7, 11) is -0.973. The van der Waals surface area contributed by atoms with Gasteiger partial charge in [-0.05, 0) is 54.1 Å². The molecule has 9 nitrogen and oxygen atoms in total. The molecule has 3 aromatic heterocycles. The first-order valence-corrected chi connectivity index (χ1v) is 14.4. The number of hydrogen-bond acceptors (Lipinski definition) is 7. The Morgan fingerprint density at radius 1 is 0.905 bits per heavy atom. The second-order valence-corrected chi connectivity index (χ2v) is 11.6. The summed E-state index contributed by atoms with van der Waals surface area (Å²) in [5.74, 6) is -1.27. The molecule has 1 amide bonds. The summed E-state index contributed by atoms with van der Waals surface area (Å²) in [5, 5.41) is 2.93. The Kier molecular flexibility index (Phi) is 6.49. The van der Waals surface area contributed by atoms with Crippen molar-refractivity contribution in [3.63, 3.8) is 0 Å². The minimum Gasteiger partial charge on any atom is -0.455 e. The number of fused-ring (bicyclic) bond motifs is 2. The molecule has 0 aliphatic rings. The van der Waals surface area contributed by atoms with Crippen LogP contribution in [-0.4, -0.2) is 44.6 Å². The summed E-state index contributed by atoms with van der Waals surface area (Å²) < 4.78 is 67.1. The highest BCUT2D eigenvalue weighted by Gasteiger charge is 2.26. The molecule has 1 N–H and O–H groups in total. The van der Waals surface area contributed by atoms with Crippen molar-refractivity contribution in [2.45, 2.75) is 0 Å². The zero-order chi connectivity index (χ0) is 29.8. The first-order valence-electron chi connectivity index (χ1n) is 12.6. The van der Waals surface area contributed by atoms with Crippen molar-refractivity contribution in [1.29, 1.82) is 0 Å². The highest BCUT2D eigenvalue weighted by molar-refractivity contribution is 7.92. The predicted octanol–water partition coefficient (Wildman–Crippen LogP) is 6.00. The highest BCUT2D eigenvalue weighted by atomic mass is 32.2. The molecule has 12 heteroatoms. The van der Waals surface area contributed by atoms with E-state index in [9.17, 15) is 17.6 Å². The van der Waals surface area contributed by atoms with E-state index < -0.39 is 27.6 Å². The quantitative estimate of drug-likeness (QED) is 0.253. The van der Waals surface area contributed by atoms with E-state index in [1.54, 1.807) is 24.4 Å². The van der Waals surface area contributed by atoms with E-state index in [4.69, 9.17) is 8.83 Å². The zero-order valence-corrected chi connectivity index (χ0v) is 23.3. The number of anilines is 1. The summed E-state index contributed by atoms with van der Waals surface area (Å²) in [5.41, 5.74) is 2.80. The molecule has 6 aromatic rings. The van der Waals surface area contributed by atoms with Gasteiger partial charge in [0, 0.05) is 54.5 Å². The van der Waals surface area contributed by atoms with E-state index in [0.717, 1.165) is 10.6 Å². The largest absolute Gasteiger partial charge is 0.455 e. The molecule has 0 aliphatic heterocycles. The van der Waals surface area contributed by atoms with Gasteiger partial charge in [0.25, 0.3) is 5.91 Å². The number of rotatable bonds is 6. The number of benzene rings is 3. The van der Waals surface area contributed by atoms with E-state index in [1.165, 1.54) is 62.8 Å². The molecule has 3 heterocycles. The summed E-state index contributed by atoms with van der Waals surface area (Å²) in [6, 6.07) is 14.2. The fourth-order valence-electron chi connectivity index (χ4n) is 4.73. The van der Waals surface area contributed by atoms with Crippen molar-refractivity contribution in [3.05, 3.63) is 90.3 Å². The number of hydrogen-bond donors (Lipinski definition) is 1. The second kappa shape index (κ2) is 10.1. The van der Waals surface area contributed by atoms with Gasteiger partial charge in [-0.2, -0.15) is 0 Å². The minimum absolute atomic E-state index is 0.144. The lowest BCUT2D eigenvalue weighted by molar-refractivity contribution is 0.0964. The van der Waals surface area contributed by atoms with Crippen molar-refractivity contribution < 1.29 is 30.8 Å². The van der Waals surface area contributed by atoms with Crippen LogP contribution in [0.5, 0.6) is 0 Å². The van der Waals surface area contributed by atoms with Gasteiger partial charge in [-0.3, -0.25) is 14.1 Å². The molecule has 0 fully saturated rings. The second-order valence-electron chi connectivity index (χ2n) is 9.58. The molecule has 0 saturated carbocycles. The molecule has 42 heavy (non-hydrogen) atoms. The zero-order valence-electron chi connectivity index (χ0n) is 22.5. The molecule has 0 spiro atoms. The van der Waals surface area contributed by atoms with Crippen molar-refractivity contribution >= 4 is 43.7 Å². The van der Waals surface area contributed by atoms with Crippen LogP contribution in [0.4, 0.5) is 14.5 Å². The van der Waals surface area contributed by atoms with Crippen LogP contribution in [0.25, 0.3) is 56.0 Å². The summed E-state index contributed by atoms with van der Waals surface area (Å²) in [4.78, 5) is 21.5. The number of nitrogens with zero attached hydrogens (tertiary/aromatic N) is 3. The highest BCUT2D eigenvalue weighted by Crippen LogP contribution is 2.42. The number of carbonyl (C=O) groups is 1. The van der Waals surface area contributed by atoms with Gasteiger partial charge in [0.05, 0.1) is 23.7 Å². The van der Waals surface area contributed by atoms with E-state index >= 15 is 4.39 Å². The van der Waals surface area contributed by atoms with Crippen LogP contribution < -0.4 is 9.62 Å². The van der Waals surface area contributed by atoms with Crippen LogP contribution in [0.1, 0.15) is 10.4 Å². The lowest BCUT2D eigenvalue weighted by Crippen LogP contribution is -2.25. The van der Waals surface area contributed by atoms with Gasteiger partial charge in [-0.1, -0.05) is 0 Å². The van der Waals surface area contributed by atoms with Crippen molar-refractivity contribution in [2.75, 3.05) is 24.7 Å². The molecule has 0 radical (unpaired) electrons. The number of nitrogens with one attached hydrogen (secondary N) is 1. The number of carbonyl (C=O) groups excluding carboxylic acids is 1. The molecular formula is C30H22F2N4O5S. The van der Waals surface area contributed by atoms with Gasteiger partial charge in [0.15, 0.2) is 5.58 Å². The fraction of sp³-hybridized carbons (Fsp3) is 0.100. The Hall–Kier alpha value is -5.10. The Balaban J connectivity index is 1.63. The Morgan fingerprint density at radius 3 is 2.33 bits per heavy atom. The van der Waals surface area contributed by atoms with Crippen LogP contribution in [0.15, 0.2) is 81.9 Å². The average Bonchev–Trinajstić information content (AvgIpc) is 3.57. The summed E-state index contributed by atoms with van der Waals surface area (Å²) in [6.45, 7) is 0. The summed E-state index contributed by atoms with van der Waals surface area (Å²) >= 11 is 0. The number of sulfonamides is 1. The monoisotopic (exact) mass is 588 g/mol. The van der Waals surface area contributed by atoms with E-state index in [1.807, 2.05) is 0 Å². The fourth-order valence-corrected chi connectivity index (χ4v) is 5.24. The molecule has 0 saturated heterocycles. The van der Waals surface area contributed by atoms with Gasteiger partial charge in [-0.15, -0.1) is 0 Å². The third-order valence-electron chi connectivity index (χ3n) is 6.85. The molecule has 0 unspecified atom stereocenters. The lowest BCUT2D eigenvalue weighted by Gasteiger charge is -2.21. The van der Waals surface area contributed by atoms with Gasteiger partial charge in [-0.25, -0.2) is 22.2 Å². The summed E-state index contributed by atoms with van der Waals surface area (Å²) in [6.07, 6.45) is 4.10. The maximum Gasteiger partial charge on any atom is 0.255 e. The van der Waals surface area contributed by atoms with E-state index in [-0.39, 0.29) is 28.5 Å². The number of pyridine rings is 1. The van der Waals surface area contributed by atoms with Gasteiger partial charge < -0.3 is 14.2 Å². The Morgan fingerprint density at radius 2 is 1.64 bits per heavy atom. The molecular weight excluding hydrogens is 566 g/mol. The van der Waals surface area contributed by atoms with Gasteiger partial charge in [0.2, 0.25) is 15.9 Å². The number of amides is 1. The maximum absolute atomic E-state index is 15.1. The number of oxazole rings is 1. The van der Waals surface area contributed by atoms with E-state index in [2.05, 4.69) is 15.3 Å². The van der Waals surface area contributed by atoms with Crippen LogP contribution in [0, 0.1) is 11.6 Å². The average molecular weight is 589 g/mol. The standard InChI is InChI=1S/C30H22F2N4O5S/c1-33-29(37)27-22-13-21(17-10-18(12-20(32)11-17)30-35-23-15-34-9-8-25(23)41-30)24(36(2)42(3,38)39)14-26(22)40-28(27)16-4-6-19(31)7-5-16/h4-15H,1-3H3,(H,33,37). The number of halogens is 2. The molecule has 0 aliphatic carbocycles. The molecule has 212 valence electrons. The van der Waals surface area contributed by atoms with Crippen molar-refractivity contribution in [1.82, 2.24) is 15.3 Å². The third-order valence-corrected chi connectivity index (χ3v) is 8.04. The number of furan rings is 1. The van der Waals surface area contributed by atoms with Crippen LogP contribution in [-0.2, 0) is 10.0 Å². The van der Waals surface area contributed by atoms with Crippen LogP contribution >= 0.6 is 0 Å². The smallest absolute Gasteiger partial charge is 0.255 e. The molecule has 6 rings (SSSR count). The van der Waals surface area contributed by atoms with Crippen LogP contribution in [0.3, 0.4) is 0 Å². The molecule has 0 atom stereocenters. The van der Waals surface area contributed by atoms with Gasteiger partial charge >= 0.3 is 0 Å². The lowest BCUT2D eigenvalue weighted by atomic mass is 9.97. The van der Waals surface area contributed by atoms with E-state index in [0.29, 0.717) is 38.7 Å². The van der Waals surface area contributed by atoms with Crippen molar-refractivity contribution in [3.8, 4) is 33.9 Å². The molecule has 0 bridgehead atoms. The normalized spacial score (nSPS) is 11.7. The topological polar surface area (TPSA) is 119 Å². The van der Waals surface area contributed by atoms with Crippen molar-refractivity contribution in [2.24, 2.45) is 0 Å². The SMILES string of the molecule is CNC(=O)c1c(-c2ccc(F)cc2)oc2cc(N(C)S(C)(=O)=O)c(-c3cc(F)cc(-c4nc5cnccc5o4)c3)cc12. The Labute approximate surface area is 238 Å². The maximum atomic E-state index is 15.1. The predicted molar refractivity (Wildman–Crippen MR) is 154 cm³/mol. The minimum atomic E-state index is -3.79.